The maximum atomic E-state index is 13.2. The lowest BCUT2D eigenvalue weighted by Crippen LogP contribution is -2.46. The third kappa shape index (κ3) is 7.41. The van der Waals surface area contributed by atoms with Gasteiger partial charge in [-0.15, -0.1) is 0 Å². The minimum absolute atomic E-state index is 0.0675. The topological polar surface area (TPSA) is 69.7 Å². The normalized spacial score (nSPS) is 14.5. The average molecular weight is 693 g/mol. The molecule has 1 saturated heterocycles. The molecule has 0 spiro atoms. The molecule has 4 aromatic rings. The van der Waals surface area contributed by atoms with Gasteiger partial charge in [-0.25, -0.2) is 13.1 Å². The van der Waals surface area contributed by atoms with Crippen molar-refractivity contribution in [2.45, 2.75) is 17.6 Å². The number of benzene rings is 4. The first-order chi connectivity index (χ1) is 20.4. The summed E-state index contributed by atoms with van der Waals surface area (Å²) >= 11 is 8.84. The summed E-state index contributed by atoms with van der Waals surface area (Å²) in [7, 11) is -4.53. The number of piperazine rings is 1. The van der Waals surface area contributed by atoms with E-state index in [1.165, 1.54) is 23.3 Å². The number of sulfonamides is 1. The van der Waals surface area contributed by atoms with Gasteiger partial charge < -0.3 is 4.90 Å². The number of hydrogen-bond acceptors (Lipinski definition) is 5. The molecular formula is C31H26BrClF3N3O3S. The molecule has 1 heterocycles. The van der Waals surface area contributed by atoms with Crippen molar-refractivity contribution >= 4 is 49.1 Å². The van der Waals surface area contributed by atoms with E-state index in [4.69, 9.17) is 11.6 Å². The van der Waals surface area contributed by atoms with Crippen LogP contribution in [0.15, 0.2) is 100 Å². The summed E-state index contributed by atoms with van der Waals surface area (Å²) in [5.74, 6) is -0.938. The van der Waals surface area contributed by atoms with Crippen LogP contribution in [0.1, 0.15) is 21.5 Å². The highest BCUT2D eigenvalue weighted by atomic mass is 79.9. The van der Waals surface area contributed by atoms with E-state index in [1.54, 1.807) is 12.1 Å². The van der Waals surface area contributed by atoms with E-state index in [1.807, 2.05) is 41.1 Å². The second kappa shape index (κ2) is 12.7. The maximum absolute atomic E-state index is 13.2. The third-order valence-electron chi connectivity index (χ3n) is 7.21. The van der Waals surface area contributed by atoms with Crippen molar-refractivity contribution in [1.29, 1.82) is 0 Å². The molecule has 0 atom stereocenters. The lowest BCUT2D eigenvalue weighted by atomic mass is 9.99. The molecule has 6 nitrogen and oxygen atoms in total. The summed E-state index contributed by atoms with van der Waals surface area (Å²) in [5, 5.41) is 0.694. The number of carbonyl (C=O) groups is 1. The molecule has 0 radical (unpaired) electrons. The van der Waals surface area contributed by atoms with Crippen LogP contribution in [-0.4, -0.2) is 45.4 Å². The van der Waals surface area contributed by atoms with Gasteiger partial charge in [0, 0.05) is 53.5 Å². The predicted molar refractivity (Wildman–Crippen MR) is 165 cm³/mol. The third-order valence-corrected chi connectivity index (χ3v) is 9.49. The highest BCUT2D eigenvalue weighted by molar-refractivity contribution is 9.10. The number of rotatable bonds is 7. The number of anilines is 1. The smallest absolute Gasteiger partial charge is 0.369 e. The van der Waals surface area contributed by atoms with Gasteiger partial charge in [0.05, 0.1) is 10.5 Å². The molecule has 5 rings (SSSR count). The Morgan fingerprint density at radius 1 is 0.884 bits per heavy atom. The van der Waals surface area contributed by atoms with Crippen molar-refractivity contribution in [3.8, 4) is 11.1 Å². The second-order valence-corrected chi connectivity index (χ2v) is 13.0. The van der Waals surface area contributed by atoms with Gasteiger partial charge in [-0.1, -0.05) is 63.9 Å². The number of carbonyl (C=O) groups excluding carboxylic acids is 1. The zero-order chi connectivity index (χ0) is 30.8. The molecule has 1 fully saturated rings. The Balaban J connectivity index is 1.19. The minimum Gasteiger partial charge on any atom is -0.369 e. The van der Waals surface area contributed by atoms with E-state index in [-0.39, 0.29) is 10.0 Å². The van der Waals surface area contributed by atoms with Crippen molar-refractivity contribution in [3.05, 3.63) is 117 Å². The predicted octanol–water partition coefficient (Wildman–Crippen LogP) is 7.23. The van der Waals surface area contributed by atoms with Gasteiger partial charge in [-0.2, -0.15) is 13.2 Å². The SMILES string of the molecule is O=C(NS(=O)(=O)c1ccc(Br)c(C(F)(F)F)c1)c1ccc(N2CCN(Cc3ccccc3-c3ccc(Cl)cc3)CC2)cc1. The van der Waals surface area contributed by atoms with Crippen molar-refractivity contribution < 1.29 is 26.4 Å². The lowest BCUT2D eigenvalue weighted by Gasteiger charge is -2.36. The van der Waals surface area contributed by atoms with E-state index in [9.17, 15) is 26.4 Å². The number of nitrogens with zero attached hydrogens (tertiary/aromatic N) is 2. The molecule has 0 aromatic heterocycles. The largest absolute Gasteiger partial charge is 0.417 e. The molecule has 0 aliphatic carbocycles. The zero-order valence-corrected chi connectivity index (χ0v) is 25.8. The number of alkyl halides is 3. The summed E-state index contributed by atoms with van der Waals surface area (Å²) in [6.07, 6.45) is -4.77. The monoisotopic (exact) mass is 691 g/mol. The summed E-state index contributed by atoms with van der Waals surface area (Å²) in [4.78, 5) is 16.6. The van der Waals surface area contributed by atoms with Crippen LogP contribution in [0.4, 0.5) is 18.9 Å². The first-order valence-electron chi connectivity index (χ1n) is 13.3. The fourth-order valence-corrected chi connectivity index (χ4v) is 6.52. The highest BCUT2D eigenvalue weighted by Crippen LogP contribution is 2.36. The quantitative estimate of drug-likeness (QED) is 0.222. The Morgan fingerprint density at radius 3 is 2.19 bits per heavy atom. The molecule has 1 aliphatic rings. The van der Waals surface area contributed by atoms with Crippen molar-refractivity contribution in [3.63, 3.8) is 0 Å². The minimum atomic E-state index is -4.77. The molecule has 0 unspecified atom stereocenters. The van der Waals surface area contributed by atoms with Gasteiger partial charge in [0.1, 0.15) is 0 Å². The molecule has 12 heteroatoms. The number of amides is 1. The Morgan fingerprint density at radius 2 is 1.53 bits per heavy atom. The van der Waals surface area contributed by atoms with Crippen LogP contribution >= 0.6 is 27.5 Å². The molecule has 0 bridgehead atoms. The van der Waals surface area contributed by atoms with Crippen LogP contribution in [-0.2, 0) is 22.7 Å². The zero-order valence-electron chi connectivity index (χ0n) is 22.6. The van der Waals surface area contributed by atoms with Crippen molar-refractivity contribution in [1.82, 2.24) is 9.62 Å². The second-order valence-electron chi connectivity index (χ2n) is 10.0. The molecule has 224 valence electrons. The van der Waals surface area contributed by atoms with Gasteiger partial charge in [0.25, 0.3) is 15.9 Å². The molecule has 1 N–H and O–H groups in total. The molecule has 0 saturated carbocycles. The molecular weight excluding hydrogens is 667 g/mol. The molecule has 1 aliphatic heterocycles. The van der Waals surface area contributed by atoms with Gasteiger partial charge in [0.15, 0.2) is 0 Å². The fourth-order valence-electron chi connectivity index (χ4n) is 4.93. The van der Waals surface area contributed by atoms with Crippen LogP contribution in [0.3, 0.4) is 0 Å². The summed E-state index contributed by atoms with van der Waals surface area (Å²) in [6.45, 7) is 3.95. The Labute approximate surface area is 261 Å². The van der Waals surface area contributed by atoms with Crippen LogP contribution < -0.4 is 9.62 Å². The number of nitrogens with one attached hydrogen (secondary N) is 1. The van der Waals surface area contributed by atoms with E-state index in [2.05, 4.69) is 37.9 Å². The Hall–Kier alpha value is -3.38. The molecule has 43 heavy (non-hydrogen) atoms. The van der Waals surface area contributed by atoms with Crippen molar-refractivity contribution in [2.24, 2.45) is 0 Å². The van der Waals surface area contributed by atoms with Crippen molar-refractivity contribution in [2.75, 3.05) is 31.1 Å². The van der Waals surface area contributed by atoms with Crippen LogP contribution in [0.5, 0.6) is 0 Å². The Bertz CT molecular complexity index is 1730. The number of hydrogen-bond donors (Lipinski definition) is 1. The van der Waals surface area contributed by atoms with Gasteiger partial charge in [-0.05, 0) is 71.3 Å². The Kier molecular flexibility index (Phi) is 9.17. The summed E-state index contributed by atoms with van der Waals surface area (Å²) in [6, 6.07) is 25.0. The van der Waals surface area contributed by atoms with Crippen LogP contribution in [0.2, 0.25) is 5.02 Å². The van der Waals surface area contributed by atoms with Gasteiger partial charge >= 0.3 is 6.18 Å². The van der Waals surface area contributed by atoms with Gasteiger partial charge in [0.2, 0.25) is 0 Å². The molecule has 4 aromatic carbocycles. The average Bonchev–Trinajstić information content (AvgIpc) is 2.98. The highest BCUT2D eigenvalue weighted by Gasteiger charge is 2.34. The standard InChI is InChI=1S/C31H26BrClF3N3O3S/c32-29-14-13-26(19-28(29)31(34,35)36)43(41,42)37-30(40)22-7-11-25(12-8-22)39-17-15-38(16-18-39)20-23-3-1-2-4-27(23)21-5-9-24(33)10-6-21/h1-14,19H,15-18,20H2,(H,37,40). The van der Waals surface area contributed by atoms with Crippen LogP contribution in [0.25, 0.3) is 11.1 Å². The van der Waals surface area contributed by atoms with E-state index in [0.717, 1.165) is 56.1 Å². The lowest BCUT2D eigenvalue weighted by molar-refractivity contribution is -0.138. The maximum Gasteiger partial charge on any atom is 0.417 e. The summed E-state index contributed by atoms with van der Waals surface area (Å²) < 4.78 is 66.6. The van der Waals surface area contributed by atoms with Gasteiger partial charge in [-0.3, -0.25) is 9.69 Å². The van der Waals surface area contributed by atoms with Crippen LogP contribution in [0, 0.1) is 0 Å². The first-order valence-corrected chi connectivity index (χ1v) is 15.9. The molecule has 1 amide bonds. The number of halogens is 5. The van der Waals surface area contributed by atoms with E-state index in [0.29, 0.717) is 11.1 Å². The summed E-state index contributed by atoms with van der Waals surface area (Å²) in [5.41, 5.74) is 3.29. The fraction of sp³-hybridized carbons (Fsp3) is 0.194. The van der Waals surface area contributed by atoms with E-state index < -0.39 is 32.6 Å². The first kappa shape index (κ1) is 31.1. The van der Waals surface area contributed by atoms with E-state index >= 15 is 0 Å².